The summed E-state index contributed by atoms with van der Waals surface area (Å²) in [5.74, 6) is -1.11. The molecule has 0 amide bonds. The second kappa shape index (κ2) is 16.2. The smallest absolute Gasteiger partial charge is 0.356 e. The molecule has 0 heterocycles. The van der Waals surface area contributed by atoms with Gasteiger partial charge in [-0.15, -0.1) is 0 Å². The van der Waals surface area contributed by atoms with Crippen molar-refractivity contribution in [2.45, 2.75) is 3.79 Å². The summed E-state index contributed by atoms with van der Waals surface area (Å²) in [6.45, 7) is -0.250. The van der Waals surface area contributed by atoms with Gasteiger partial charge in [0.15, 0.2) is 0 Å². The van der Waals surface area contributed by atoms with E-state index >= 15 is 0 Å². The minimum absolute atomic E-state index is 0.125. The lowest BCUT2D eigenvalue weighted by molar-refractivity contribution is -0.135. The molecule has 0 aromatic heterocycles. The maximum Gasteiger partial charge on any atom is 0.356 e. The van der Waals surface area contributed by atoms with Gasteiger partial charge in [0, 0.05) is 10.4 Å². The van der Waals surface area contributed by atoms with E-state index in [2.05, 4.69) is 18.2 Å². The van der Waals surface area contributed by atoms with Gasteiger partial charge in [-0.05, 0) is 34.7 Å². The molecule has 0 fully saturated rings. The minimum Gasteiger partial charge on any atom is -0.507 e. The summed E-state index contributed by atoms with van der Waals surface area (Å²) >= 11 is 20.3. The van der Waals surface area contributed by atoms with Crippen molar-refractivity contribution in [3.05, 3.63) is 102 Å². The molecule has 186 valence electrons. The highest BCUT2D eigenvalue weighted by molar-refractivity contribution is 6.75. The standard InChI is InChI=1S/C12H9Cl.C10H8O.C2HCl3O2.C2H6O2/c13-12-8-4-7-11(9-12)10-5-2-1-3-6-10;11-10-7-3-5-8-4-1-2-6-9(8)10;3-2(4,5)1(6)7;3-1-2-4/h1-9H;1-7,11H;(H,6,7);3-4H,1-2H2. The number of halogens is 4. The third-order valence-corrected chi connectivity index (χ3v) is 4.76. The molecule has 0 radical (unpaired) electrons. The Kier molecular flexibility index (Phi) is 14.1. The second-order valence-corrected chi connectivity index (χ2v) is 9.34. The molecule has 0 atom stereocenters. The van der Waals surface area contributed by atoms with E-state index in [0.29, 0.717) is 5.75 Å². The maximum atomic E-state index is 9.62. The first kappa shape index (κ1) is 30.5. The van der Waals surface area contributed by atoms with Crippen LogP contribution in [0, 0.1) is 0 Å². The van der Waals surface area contributed by atoms with E-state index in [1.807, 2.05) is 72.8 Å². The minimum atomic E-state index is -2.17. The van der Waals surface area contributed by atoms with Gasteiger partial charge in [0.1, 0.15) is 5.75 Å². The zero-order valence-electron chi connectivity index (χ0n) is 18.4. The average Bonchev–Trinajstić information content (AvgIpc) is 2.85. The lowest BCUT2D eigenvalue weighted by Gasteiger charge is -2.00. The molecule has 9 heteroatoms. The summed E-state index contributed by atoms with van der Waals surface area (Å²) in [6, 6.07) is 31.4. The first-order valence-electron chi connectivity index (χ1n) is 10.1. The third-order valence-electron chi connectivity index (χ3n) is 4.04. The van der Waals surface area contributed by atoms with E-state index < -0.39 is 9.76 Å². The fourth-order valence-electron chi connectivity index (χ4n) is 2.51. The molecule has 4 rings (SSSR count). The predicted molar refractivity (Wildman–Crippen MR) is 145 cm³/mol. The van der Waals surface area contributed by atoms with Crippen LogP contribution in [-0.4, -0.2) is 43.4 Å². The zero-order valence-corrected chi connectivity index (χ0v) is 21.4. The van der Waals surface area contributed by atoms with Crippen molar-refractivity contribution >= 4 is 63.1 Å². The van der Waals surface area contributed by atoms with E-state index in [-0.39, 0.29) is 13.2 Å². The van der Waals surface area contributed by atoms with E-state index in [1.165, 1.54) is 5.56 Å². The van der Waals surface area contributed by atoms with Crippen LogP contribution in [0.3, 0.4) is 0 Å². The van der Waals surface area contributed by atoms with E-state index in [1.54, 1.807) is 6.07 Å². The molecular weight excluding hydrogens is 534 g/mol. The van der Waals surface area contributed by atoms with Crippen molar-refractivity contribution < 1.29 is 25.2 Å². The van der Waals surface area contributed by atoms with Crippen molar-refractivity contribution in [1.29, 1.82) is 0 Å². The van der Waals surface area contributed by atoms with Gasteiger partial charge in [0.2, 0.25) is 0 Å². The molecule has 0 aliphatic rings. The van der Waals surface area contributed by atoms with Crippen LogP contribution in [0.25, 0.3) is 21.9 Å². The fraction of sp³-hybridized carbons (Fsp3) is 0.115. The zero-order chi connectivity index (χ0) is 26.3. The number of phenolic OH excluding ortho intramolecular Hbond substituents is 1. The van der Waals surface area contributed by atoms with Gasteiger partial charge in [-0.25, -0.2) is 4.79 Å². The Balaban J connectivity index is 0.000000253. The van der Waals surface area contributed by atoms with Crippen LogP contribution in [0.1, 0.15) is 0 Å². The van der Waals surface area contributed by atoms with Gasteiger partial charge in [-0.3, -0.25) is 0 Å². The number of alkyl halides is 3. The number of benzene rings is 4. The van der Waals surface area contributed by atoms with Crippen LogP contribution >= 0.6 is 46.4 Å². The number of hydrogen-bond acceptors (Lipinski definition) is 4. The first-order valence-corrected chi connectivity index (χ1v) is 11.6. The van der Waals surface area contributed by atoms with Crippen LogP contribution in [-0.2, 0) is 4.79 Å². The molecular formula is C26H24Cl4O5. The molecule has 0 unspecified atom stereocenters. The number of aromatic hydroxyl groups is 1. The predicted octanol–water partition coefficient (Wildman–Crippen LogP) is 6.96. The Bertz CT molecular complexity index is 1160. The van der Waals surface area contributed by atoms with Crippen LogP contribution in [0.2, 0.25) is 5.02 Å². The largest absolute Gasteiger partial charge is 0.507 e. The highest BCUT2D eigenvalue weighted by Gasteiger charge is 2.29. The van der Waals surface area contributed by atoms with Crippen LogP contribution in [0.4, 0.5) is 0 Å². The Hall–Kier alpha value is -2.51. The number of aliphatic hydroxyl groups excluding tert-OH is 2. The molecule has 0 aliphatic heterocycles. The van der Waals surface area contributed by atoms with Crippen molar-refractivity contribution in [2.75, 3.05) is 13.2 Å². The topological polar surface area (TPSA) is 98.0 Å². The molecule has 35 heavy (non-hydrogen) atoms. The normalized spacial score (nSPS) is 10.0. The maximum absolute atomic E-state index is 9.62. The highest BCUT2D eigenvalue weighted by Crippen LogP contribution is 2.25. The number of fused-ring (bicyclic) bond motifs is 1. The Morgan fingerprint density at radius 3 is 1.71 bits per heavy atom. The molecule has 0 saturated heterocycles. The molecule has 0 spiro atoms. The molecule has 4 aromatic carbocycles. The summed E-state index contributed by atoms with van der Waals surface area (Å²) in [5, 5.41) is 35.2. The van der Waals surface area contributed by atoms with Crippen LogP contribution < -0.4 is 0 Å². The summed E-state index contributed by atoms with van der Waals surface area (Å²) in [7, 11) is 0. The third kappa shape index (κ3) is 12.1. The number of carboxylic acids is 1. The summed E-state index contributed by atoms with van der Waals surface area (Å²) in [4.78, 5) is 9.62. The number of hydrogen-bond donors (Lipinski definition) is 4. The van der Waals surface area contributed by atoms with Gasteiger partial charge in [0.05, 0.1) is 13.2 Å². The number of rotatable bonds is 2. The Morgan fingerprint density at radius 1 is 0.714 bits per heavy atom. The average molecular weight is 558 g/mol. The quantitative estimate of drug-likeness (QED) is 0.200. The molecule has 4 aromatic rings. The lowest BCUT2D eigenvalue weighted by Crippen LogP contribution is -2.16. The number of carboxylic acid groups (broad SMARTS) is 1. The van der Waals surface area contributed by atoms with Crippen LogP contribution in [0.5, 0.6) is 5.75 Å². The van der Waals surface area contributed by atoms with Crippen molar-refractivity contribution in [3.8, 4) is 16.9 Å². The van der Waals surface area contributed by atoms with Gasteiger partial charge >= 0.3 is 5.97 Å². The number of phenols is 1. The van der Waals surface area contributed by atoms with Gasteiger partial charge in [-0.2, -0.15) is 0 Å². The summed E-state index contributed by atoms with van der Waals surface area (Å²) < 4.78 is -2.17. The van der Waals surface area contributed by atoms with Crippen LogP contribution in [0.15, 0.2) is 97.1 Å². The Morgan fingerprint density at radius 2 is 1.20 bits per heavy atom. The lowest BCUT2D eigenvalue weighted by atomic mass is 10.1. The molecule has 0 bridgehead atoms. The first-order chi connectivity index (χ1) is 16.6. The fourth-order valence-corrected chi connectivity index (χ4v) is 2.70. The van der Waals surface area contributed by atoms with Crippen molar-refractivity contribution in [2.24, 2.45) is 0 Å². The number of aliphatic hydroxyl groups is 2. The number of carbonyl (C=O) groups is 1. The van der Waals surface area contributed by atoms with E-state index in [9.17, 15) is 9.90 Å². The van der Waals surface area contributed by atoms with E-state index in [4.69, 9.17) is 61.7 Å². The molecule has 0 aliphatic carbocycles. The second-order valence-electron chi connectivity index (χ2n) is 6.62. The van der Waals surface area contributed by atoms with Gasteiger partial charge in [0.25, 0.3) is 3.79 Å². The van der Waals surface area contributed by atoms with Gasteiger partial charge in [-0.1, -0.05) is 125 Å². The van der Waals surface area contributed by atoms with Crippen molar-refractivity contribution in [3.63, 3.8) is 0 Å². The molecule has 4 N–H and O–H groups in total. The highest BCUT2D eigenvalue weighted by atomic mass is 35.6. The monoisotopic (exact) mass is 556 g/mol. The SMILES string of the molecule is Clc1cccc(-c2ccccc2)c1.O=C(O)C(Cl)(Cl)Cl.OCCO.Oc1cccc2ccccc12. The molecule has 5 nitrogen and oxygen atoms in total. The molecule has 0 saturated carbocycles. The summed E-state index contributed by atoms with van der Waals surface area (Å²) in [5.41, 5.74) is 2.36. The van der Waals surface area contributed by atoms with Gasteiger partial charge < -0.3 is 20.4 Å². The number of aliphatic carboxylic acids is 1. The van der Waals surface area contributed by atoms with E-state index in [0.717, 1.165) is 21.4 Å². The Labute approximate surface area is 223 Å². The summed E-state index contributed by atoms with van der Waals surface area (Å²) in [6.07, 6.45) is 0. The van der Waals surface area contributed by atoms with Crippen molar-refractivity contribution in [1.82, 2.24) is 0 Å².